The molecule has 120 valence electrons. The van der Waals surface area contributed by atoms with Crippen LogP contribution in [0.2, 0.25) is 0 Å². The molecule has 1 atom stereocenters. The monoisotopic (exact) mass is 319 g/mol. The average Bonchev–Trinajstić information content (AvgIpc) is 3.25. The van der Waals surface area contributed by atoms with E-state index in [9.17, 15) is 5.11 Å². The first-order valence-electron chi connectivity index (χ1n) is 7.85. The molecule has 0 fully saturated rings. The fourth-order valence-electron chi connectivity index (χ4n) is 3.02. The van der Waals surface area contributed by atoms with Gasteiger partial charge >= 0.3 is 0 Å². The Hall–Kier alpha value is -3.15. The minimum absolute atomic E-state index is 0.00963. The summed E-state index contributed by atoms with van der Waals surface area (Å²) in [5, 5.41) is 15.6. The van der Waals surface area contributed by atoms with Crippen molar-refractivity contribution in [1.29, 1.82) is 0 Å². The number of fused-ring (bicyclic) bond motifs is 1. The number of aromatic hydroxyl groups is 1. The Morgan fingerprint density at radius 1 is 1.08 bits per heavy atom. The Morgan fingerprint density at radius 2 is 1.96 bits per heavy atom. The zero-order chi connectivity index (χ0) is 16.4. The highest BCUT2D eigenvalue weighted by Gasteiger charge is 2.19. The van der Waals surface area contributed by atoms with E-state index in [4.69, 9.17) is 0 Å². The SMILES string of the molecule is Oc1c2cccnc2cn1C(CCn1cncn1)c1ccccc1. The average molecular weight is 319 g/mol. The third kappa shape index (κ3) is 2.62. The van der Waals surface area contributed by atoms with Crippen molar-refractivity contribution in [3.8, 4) is 5.88 Å². The van der Waals surface area contributed by atoms with Gasteiger partial charge in [0.1, 0.15) is 12.7 Å². The Balaban J connectivity index is 1.74. The fraction of sp³-hybridized carbons (Fsp3) is 0.167. The molecule has 6 nitrogen and oxygen atoms in total. The van der Waals surface area contributed by atoms with Crippen LogP contribution in [-0.2, 0) is 6.54 Å². The van der Waals surface area contributed by atoms with Crippen molar-refractivity contribution < 1.29 is 5.11 Å². The Labute approximate surface area is 139 Å². The molecule has 24 heavy (non-hydrogen) atoms. The van der Waals surface area contributed by atoms with E-state index in [2.05, 4.69) is 27.2 Å². The van der Waals surface area contributed by atoms with Gasteiger partial charge in [0.2, 0.25) is 5.88 Å². The molecule has 0 bridgehead atoms. The third-order valence-corrected chi connectivity index (χ3v) is 4.20. The molecule has 3 aromatic heterocycles. The van der Waals surface area contributed by atoms with Crippen LogP contribution in [0.25, 0.3) is 10.9 Å². The van der Waals surface area contributed by atoms with Crippen LogP contribution >= 0.6 is 0 Å². The molecule has 4 rings (SSSR count). The van der Waals surface area contributed by atoms with Crippen LogP contribution < -0.4 is 0 Å². The van der Waals surface area contributed by atoms with Gasteiger partial charge in [0, 0.05) is 18.9 Å². The van der Waals surface area contributed by atoms with Crippen LogP contribution in [0.3, 0.4) is 0 Å². The van der Waals surface area contributed by atoms with Crippen molar-refractivity contribution in [3.63, 3.8) is 0 Å². The van der Waals surface area contributed by atoms with Gasteiger partial charge < -0.3 is 9.67 Å². The van der Waals surface area contributed by atoms with Crippen LogP contribution in [-0.4, -0.2) is 29.4 Å². The summed E-state index contributed by atoms with van der Waals surface area (Å²) in [4.78, 5) is 8.32. The van der Waals surface area contributed by atoms with E-state index in [1.54, 1.807) is 17.2 Å². The first-order chi connectivity index (χ1) is 11.8. The molecule has 6 heteroatoms. The lowest BCUT2D eigenvalue weighted by Crippen LogP contribution is -2.13. The number of rotatable bonds is 5. The van der Waals surface area contributed by atoms with Gasteiger partial charge in [-0.2, -0.15) is 5.10 Å². The van der Waals surface area contributed by atoms with Crippen molar-refractivity contribution in [3.05, 3.63) is 73.1 Å². The normalized spacial score (nSPS) is 12.5. The van der Waals surface area contributed by atoms with Crippen molar-refractivity contribution in [2.24, 2.45) is 0 Å². The Morgan fingerprint density at radius 3 is 2.71 bits per heavy atom. The lowest BCUT2D eigenvalue weighted by Gasteiger charge is -2.20. The molecule has 0 saturated heterocycles. The van der Waals surface area contributed by atoms with Gasteiger partial charge in [-0.3, -0.25) is 9.67 Å². The van der Waals surface area contributed by atoms with Crippen LogP contribution in [0, 0.1) is 0 Å². The van der Waals surface area contributed by atoms with Crippen LogP contribution in [0.4, 0.5) is 0 Å². The molecule has 0 aliphatic rings. The molecular weight excluding hydrogens is 302 g/mol. The molecule has 0 spiro atoms. The number of nitrogens with zero attached hydrogens (tertiary/aromatic N) is 5. The van der Waals surface area contributed by atoms with E-state index in [1.165, 1.54) is 6.33 Å². The van der Waals surface area contributed by atoms with Gasteiger partial charge in [0.15, 0.2) is 0 Å². The summed E-state index contributed by atoms with van der Waals surface area (Å²) in [6.45, 7) is 0.709. The maximum absolute atomic E-state index is 10.7. The molecule has 1 aromatic carbocycles. The summed E-state index contributed by atoms with van der Waals surface area (Å²) in [5.74, 6) is 0.241. The molecule has 1 N–H and O–H groups in total. The number of benzene rings is 1. The molecule has 0 aliphatic heterocycles. The van der Waals surface area contributed by atoms with E-state index in [-0.39, 0.29) is 11.9 Å². The predicted octanol–water partition coefficient (Wildman–Crippen LogP) is 3.01. The van der Waals surface area contributed by atoms with Gasteiger partial charge in [-0.25, -0.2) is 4.98 Å². The van der Waals surface area contributed by atoms with Crippen molar-refractivity contribution >= 4 is 10.9 Å². The van der Waals surface area contributed by atoms with Crippen molar-refractivity contribution in [2.45, 2.75) is 19.0 Å². The van der Waals surface area contributed by atoms with Crippen molar-refractivity contribution in [2.75, 3.05) is 0 Å². The summed E-state index contributed by atoms with van der Waals surface area (Å²) in [6.07, 6.45) is 7.66. The first-order valence-corrected chi connectivity index (χ1v) is 7.85. The van der Waals surface area contributed by atoms with Crippen LogP contribution in [0.5, 0.6) is 5.88 Å². The summed E-state index contributed by atoms with van der Waals surface area (Å²) >= 11 is 0. The molecule has 1 unspecified atom stereocenters. The van der Waals surface area contributed by atoms with Gasteiger partial charge in [-0.05, 0) is 24.1 Å². The second-order valence-corrected chi connectivity index (χ2v) is 5.67. The molecule has 0 radical (unpaired) electrons. The summed E-state index contributed by atoms with van der Waals surface area (Å²) in [6, 6.07) is 13.9. The van der Waals surface area contributed by atoms with Crippen LogP contribution in [0.1, 0.15) is 18.0 Å². The van der Waals surface area contributed by atoms with E-state index >= 15 is 0 Å². The maximum Gasteiger partial charge on any atom is 0.201 e. The van der Waals surface area contributed by atoms with Crippen molar-refractivity contribution in [1.82, 2.24) is 24.3 Å². The predicted molar refractivity (Wildman–Crippen MR) is 90.6 cm³/mol. The number of hydrogen-bond donors (Lipinski definition) is 1. The first kappa shape index (κ1) is 14.4. The van der Waals surface area contributed by atoms with Gasteiger partial charge in [-0.1, -0.05) is 30.3 Å². The van der Waals surface area contributed by atoms with E-state index in [0.717, 1.165) is 22.9 Å². The zero-order valence-electron chi connectivity index (χ0n) is 13.0. The smallest absolute Gasteiger partial charge is 0.201 e. The minimum atomic E-state index is -0.00963. The maximum atomic E-state index is 10.7. The second kappa shape index (κ2) is 6.16. The minimum Gasteiger partial charge on any atom is -0.494 e. The summed E-state index contributed by atoms with van der Waals surface area (Å²) in [5.41, 5.74) is 1.92. The largest absolute Gasteiger partial charge is 0.494 e. The number of pyridine rings is 1. The van der Waals surface area contributed by atoms with Crippen LogP contribution in [0.15, 0.2) is 67.5 Å². The zero-order valence-corrected chi connectivity index (χ0v) is 13.0. The second-order valence-electron chi connectivity index (χ2n) is 5.67. The van der Waals surface area contributed by atoms with Gasteiger partial charge in [0.05, 0.1) is 16.9 Å². The lowest BCUT2D eigenvalue weighted by molar-refractivity contribution is 0.383. The Kier molecular flexibility index (Phi) is 3.70. The summed E-state index contributed by atoms with van der Waals surface area (Å²) in [7, 11) is 0. The topological polar surface area (TPSA) is 68.8 Å². The third-order valence-electron chi connectivity index (χ3n) is 4.20. The lowest BCUT2D eigenvalue weighted by atomic mass is 10.0. The quantitative estimate of drug-likeness (QED) is 0.614. The Bertz CT molecular complexity index is 931. The molecule has 4 aromatic rings. The molecule has 0 amide bonds. The number of hydrogen-bond acceptors (Lipinski definition) is 4. The standard InChI is InChI=1S/C18H17N5O/c24-18-15-7-4-9-20-16(15)11-23(18)17(14-5-2-1-3-6-14)8-10-22-13-19-12-21-22/h1-7,9,11-13,17,24H,8,10H2. The molecule has 0 aliphatic carbocycles. The van der Waals surface area contributed by atoms with E-state index in [1.807, 2.05) is 41.1 Å². The van der Waals surface area contributed by atoms with Gasteiger partial charge in [-0.15, -0.1) is 0 Å². The number of aromatic nitrogens is 5. The highest BCUT2D eigenvalue weighted by Crippen LogP contribution is 2.33. The molecule has 0 saturated carbocycles. The van der Waals surface area contributed by atoms with E-state index < -0.39 is 0 Å². The molecule has 3 heterocycles. The highest BCUT2D eigenvalue weighted by atomic mass is 16.3. The highest BCUT2D eigenvalue weighted by molar-refractivity contribution is 5.84. The number of aryl methyl sites for hydroxylation is 1. The van der Waals surface area contributed by atoms with Gasteiger partial charge in [0.25, 0.3) is 0 Å². The summed E-state index contributed by atoms with van der Waals surface area (Å²) < 4.78 is 3.69. The fourth-order valence-corrected chi connectivity index (χ4v) is 3.02. The molecular formula is C18H17N5O. The van der Waals surface area contributed by atoms with E-state index in [0.29, 0.717) is 6.54 Å².